The van der Waals surface area contributed by atoms with Gasteiger partial charge in [0.25, 0.3) is 0 Å². The molecule has 696 valence electrons. The lowest BCUT2D eigenvalue weighted by molar-refractivity contribution is 0.640. The predicted octanol–water partition coefficient (Wildman–Crippen LogP) is 39.3. The molecule has 4 aliphatic rings. The van der Waals surface area contributed by atoms with E-state index in [1.54, 1.807) is 0 Å². The van der Waals surface area contributed by atoms with Gasteiger partial charge in [0, 0.05) is 87.6 Å². The summed E-state index contributed by atoms with van der Waals surface area (Å²) in [5, 5.41) is 15.9. The lowest BCUT2D eigenvalue weighted by Gasteiger charge is -2.32. The molecular formula is C140H102F2N4. The van der Waals surface area contributed by atoms with Crippen LogP contribution in [0.25, 0.3) is 153 Å². The Bertz CT molecular complexity index is 9000. The Hall–Kier alpha value is -17.6. The number of nitrogens with zero attached hydrogens (tertiary/aromatic N) is 4. The Morgan fingerprint density at radius 1 is 0.151 bits per heavy atom. The summed E-state index contributed by atoms with van der Waals surface area (Å²) in [5.74, 6) is -0.567. The van der Waals surface area contributed by atoms with Crippen LogP contribution in [-0.4, -0.2) is 0 Å². The minimum atomic E-state index is -0.283. The normalized spacial score (nSPS) is 13.8. The maximum Gasteiger partial charge on any atom is 0.155 e. The van der Waals surface area contributed by atoms with E-state index in [2.05, 4.69) is 475 Å². The van der Waals surface area contributed by atoms with Gasteiger partial charge in [-0.25, -0.2) is 8.78 Å². The van der Waals surface area contributed by atoms with E-state index in [0.29, 0.717) is 22.1 Å². The highest BCUT2D eigenvalue weighted by atomic mass is 19.1. The van der Waals surface area contributed by atoms with Crippen molar-refractivity contribution >= 4 is 154 Å². The second-order valence-corrected chi connectivity index (χ2v) is 41.8. The molecule has 146 heavy (non-hydrogen) atoms. The zero-order chi connectivity index (χ0) is 98.3. The van der Waals surface area contributed by atoms with Gasteiger partial charge in [-0.3, -0.25) is 0 Å². The summed E-state index contributed by atoms with van der Waals surface area (Å²) in [7, 11) is 0. The van der Waals surface area contributed by atoms with Crippen LogP contribution in [0.4, 0.5) is 77.0 Å². The number of halogens is 2. The number of fused-ring (bicyclic) bond motifs is 24. The van der Waals surface area contributed by atoms with Crippen LogP contribution in [0, 0.1) is 11.6 Å². The molecule has 0 atom stereocenters. The van der Waals surface area contributed by atoms with Crippen LogP contribution >= 0.6 is 0 Å². The minimum Gasteiger partial charge on any atom is -0.309 e. The SMILES string of the molecule is CC1(C)c2ccccc2-c2c(N(c3ccc(-c4ccccc4)cc3)c3cc4c5ccccc5c(N(c5ccc(-c6ccccc6)cc5)c5cccc6c5-c5ccccc5C6(C)C)cc4c4ccccc34)cccc21.CC1(C)c2ccccc2-c2c(N(c3ccc4ccccc4c3F)c3cc4c5ccccc5c(N(c5cccc6c5-c5ccccc5C6(C)C)c5ccc6ccccc6c5F)cc4c4ccccc34)cccc21. The van der Waals surface area contributed by atoms with E-state index in [0.717, 1.165) is 111 Å². The molecule has 0 radical (unpaired) electrons. The molecule has 0 aliphatic heterocycles. The highest BCUT2D eigenvalue weighted by Gasteiger charge is 2.44. The van der Waals surface area contributed by atoms with Crippen molar-refractivity contribution < 1.29 is 8.78 Å². The molecule has 0 fully saturated rings. The number of hydrogen-bond donors (Lipinski definition) is 0. The fraction of sp³-hybridized carbons (Fsp3) is 0.0857. The Morgan fingerprint density at radius 2 is 0.370 bits per heavy atom. The third kappa shape index (κ3) is 13.3. The van der Waals surface area contributed by atoms with Gasteiger partial charge in [0.1, 0.15) is 0 Å². The first kappa shape index (κ1) is 87.4. The van der Waals surface area contributed by atoms with Crippen LogP contribution in [0.15, 0.2) is 473 Å². The summed E-state index contributed by atoms with van der Waals surface area (Å²) in [6, 6.07) is 170. The summed E-state index contributed by atoms with van der Waals surface area (Å²) in [5.41, 5.74) is 35.2. The monoisotopic (exact) mass is 1880 g/mol. The summed E-state index contributed by atoms with van der Waals surface area (Å²) in [4.78, 5) is 9.44. The average molecular weight is 1880 g/mol. The molecule has 4 nitrogen and oxygen atoms in total. The molecule has 0 saturated heterocycles. The topological polar surface area (TPSA) is 13.0 Å². The van der Waals surface area contributed by atoms with Crippen molar-refractivity contribution in [3.63, 3.8) is 0 Å². The molecule has 6 heteroatoms. The smallest absolute Gasteiger partial charge is 0.155 e. The molecule has 0 aromatic heterocycles. The Balaban J connectivity index is 0.000000145. The van der Waals surface area contributed by atoms with E-state index >= 15 is 8.78 Å². The van der Waals surface area contributed by atoms with Gasteiger partial charge in [0.2, 0.25) is 0 Å². The summed E-state index contributed by atoms with van der Waals surface area (Å²) >= 11 is 0. The molecule has 0 spiro atoms. The standard InChI is InChI=1S/C72H54N2.C68H48F2N2/c1-71(2)61-31-17-15-29-57(61)69-63(71)33-19-35-65(69)73(51-41-37-49(38-42-51)47-21-7-5-8-22-47)67-45-59-54-26-12-14-28-56(54)68(46-60(59)53-25-11-13-27-55(53)67)74(52-43-39-50(40-44-52)48-23-9-6-10-24-48)66-36-20-34-64-70(66)58-30-16-18-32-62(58)72(64,3)4;1-67(2)53-29-15-13-27-49(53)63-55(67)31-17-33-57(63)71(59-37-35-41-19-5-7-21-43(41)65(59)69)61-39-51-46-24-10-12-26-48(46)62(40-52(51)45-23-9-11-25-47(45)61)72(60-38-36-42-20-6-8-22-44(42)66(60)70)58-34-18-32-56-64(58)50-28-14-16-30-54(50)68(56,3)4/h5-46H,1-4H3;5-40H,1-4H3. The summed E-state index contributed by atoms with van der Waals surface area (Å²) in [6.07, 6.45) is 0. The van der Waals surface area contributed by atoms with Gasteiger partial charge in [0.05, 0.1) is 56.9 Å². The zero-order valence-corrected chi connectivity index (χ0v) is 82.6. The number of anilines is 12. The zero-order valence-electron chi connectivity index (χ0n) is 82.6. The molecule has 0 unspecified atom stereocenters. The van der Waals surface area contributed by atoms with Crippen molar-refractivity contribution in [2.24, 2.45) is 0 Å². The fourth-order valence-corrected chi connectivity index (χ4v) is 25.5. The van der Waals surface area contributed by atoms with E-state index in [1.807, 2.05) is 72.8 Å². The first-order valence-corrected chi connectivity index (χ1v) is 50.9. The van der Waals surface area contributed by atoms with Crippen LogP contribution in [0.2, 0.25) is 0 Å². The Kier molecular flexibility index (Phi) is 20.1. The van der Waals surface area contributed by atoms with Gasteiger partial charge in [0.15, 0.2) is 11.6 Å². The molecule has 0 saturated carbocycles. The first-order chi connectivity index (χ1) is 71.4. The number of hydrogen-bond acceptors (Lipinski definition) is 4. The summed E-state index contributed by atoms with van der Waals surface area (Å²) in [6.45, 7) is 18.6. The van der Waals surface area contributed by atoms with Crippen molar-refractivity contribution in [1.82, 2.24) is 0 Å². The fourth-order valence-electron chi connectivity index (χ4n) is 25.5. The number of rotatable bonds is 14. The van der Waals surface area contributed by atoms with Crippen LogP contribution in [0.5, 0.6) is 0 Å². The van der Waals surface area contributed by atoms with Crippen molar-refractivity contribution in [2.45, 2.75) is 77.0 Å². The van der Waals surface area contributed by atoms with E-state index < -0.39 is 0 Å². The van der Waals surface area contributed by atoms with Gasteiger partial charge in [-0.2, -0.15) is 0 Å². The lowest BCUT2D eigenvalue weighted by Crippen LogP contribution is -2.17. The summed E-state index contributed by atoms with van der Waals surface area (Å²) < 4.78 is 35.6. The van der Waals surface area contributed by atoms with Crippen LogP contribution in [0.1, 0.15) is 99.9 Å². The van der Waals surface area contributed by atoms with Crippen LogP contribution < -0.4 is 19.6 Å². The van der Waals surface area contributed by atoms with E-state index in [9.17, 15) is 0 Å². The lowest BCUT2D eigenvalue weighted by atomic mass is 9.82. The third-order valence-electron chi connectivity index (χ3n) is 32.6. The third-order valence-corrected chi connectivity index (χ3v) is 32.6. The minimum absolute atomic E-state index is 0.159. The van der Waals surface area contributed by atoms with E-state index in [-0.39, 0.29) is 33.3 Å². The molecule has 4 aliphatic carbocycles. The van der Waals surface area contributed by atoms with Gasteiger partial charge in [-0.1, -0.05) is 444 Å². The molecule has 28 rings (SSSR count). The van der Waals surface area contributed by atoms with E-state index in [4.69, 9.17) is 0 Å². The second kappa shape index (κ2) is 33.5. The van der Waals surface area contributed by atoms with Crippen LogP contribution in [-0.2, 0) is 21.7 Å². The second-order valence-electron chi connectivity index (χ2n) is 41.8. The van der Waals surface area contributed by atoms with Gasteiger partial charge >= 0.3 is 0 Å². The molecule has 0 heterocycles. The Morgan fingerprint density at radius 3 is 0.658 bits per heavy atom. The van der Waals surface area contributed by atoms with Crippen molar-refractivity contribution in [1.29, 1.82) is 0 Å². The highest BCUT2D eigenvalue weighted by molar-refractivity contribution is 6.28. The quantitative estimate of drug-likeness (QED) is 0.101. The molecule has 0 amide bonds. The molecule has 0 N–H and O–H groups in total. The first-order valence-electron chi connectivity index (χ1n) is 50.9. The maximum atomic E-state index is 17.8. The molecular weight excluding hydrogens is 1780 g/mol. The van der Waals surface area contributed by atoms with Gasteiger partial charge in [-0.15, -0.1) is 0 Å². The molecule has 24 aromatic carbocycles. The van der Waals surface area contributed by atoms with E-state index in [1.165, 1.54) is 133 Å². The average Bonchev–Trinajstić information content (AvgIpc) is 1.46. The van der Waals surface area contributed by atoms with Crippen LogP contribution in [0.3, 0.4) is 0 Å². The van der Waals surface area contributed by atoms with Gasteiger partial charge in [-0.05, 0) is 228 Å². The number of benzene rings is 24. The van der Waals surface area contributed by atoms with Crippen molar-refractivity contribution in [2.75, 3.05) is 19.6 Å². The predicted molar refractivity (Wildman–Crippen MR) is 613 cm³/mol. The Labute approximate surface area is 849 Å². The molecule has 24 aromatic rings. The largest absolute Gasteiger partial charge is 0.309 e. The van der Waals surface area contributed by atoms with Gasteiger partial charge < -0.3 is 19.6 Å². The highest BCUT2D eigenvalue weighted by Crippen LogP contribution is 2.63. The van der Waals surface area contributed by atoms with Crippen molar-refractivity contribution in [3.05, 3.63) is 529 Å². The molecule has 0 bridgehead atoms. The maximum absolute atomic E-state index is 17.8. The van der Waals surface area contributed by atoms with Crippen molar-refractivity contribution in [3.8, 4) is 66.8 Å².